The average Bonchev–Trinajstić information content (AvgIpc) is 2.01. The molecule has 0 atom stereocenters. The van der Waals surface area contributed by atoms with Gasteiger partial charge < -0.3 is 15.4 Å². The lowest BCUT2D eigenvalue weighted by Crippen LogP contribution is -2.22. The number of H-pyrrole nitrogens is 1. The minimum Gasteiger partial charge on any atom is -0.477 e. The molecule has 0 saturated carbocycles. The highest BCUT2D eigenvalue weighted by molar-refractivity contribution is 5.93. The van der Waals surface area contributed by atoms with Gasteiger partial charge in [-0.25, -0.2) is 4.79 Å². The largest absolute Gasteiger partial charge is 0.477 e. The van der Waals surface area contributed by atoms with E-state index < -0.39 is 11.5 Å². The molecule has 5 heteroatoms. The van der Waals surface area contributed by atoms with Gasteiger partial charge in [0.05, 0.1) is 5.69 Å². The van der Waals surface area contributed by atoms with E-state index in [1.54, 1.807) is 0 Å². The summed E-state index contributed by atoms with van der Waals surface area (Å²) >= 11 is 0. The molecule has 0 aromatic carbocycles. The fourth-order valence-electron chi connectivity index (χ4n) is 1.12. The Morgan fingerprint density at radius 1 is 1.57 bits per heavy atom. The summed E-state index contributed by atoms with van der Waals surface area (Å²) in [4.78, 5) is 24.3. The van der Waals surface area contributed by atoms with Gasteiger partial charge in [-0.2, -0.15) is 0 Å². The molecule has 5 nitrogen and oxygen atoms in total. The van der Waals surface area contributed by atoms with Crippen LogP contribution in [0.25, 0.3) is 0 Å². The Kier molecular flexibility index (Phi) is 2.91. The van der Waals surface area contributed by atoms with Gasteiger partial charge >= 0.3 is 5.97 Å². The van der Waals surface area contributed by atoms with Crippen molar-refractivity contribution in [2.75, 3.05) is 5.32 Å². The van der Waals surface area contributed by atoms with E-state index in [4.69, 9.17) is 5.11 Å². The Balaban J connectivity index is 3.22. The van der Waals surface area contributed by atoms with Gasteiger partial charge in [-0.1, -0.05) is 0 Å². The summed E-state index contributed by atoms with van der Waals surface area (Å²) in [7, 11) is 0. The first-order valence-electron chi connectivity index (χ1n) is 4.24. The zero-order valence-corrected chi connectivity index (χ0v) is 8.00. The molecule has 3 N–H and O–H groups in total. The number of aromatic nitrogens is 1. The van der Waals surface area contributed by atoms with E-state index in [1.165, 1.54) is 12.3 Å². The van der Waals surface area contributed by atoms with Crippen molar-refractivity contribution < 1.29 is 9.90 Å². The number of hydrogen-bond acceptors (Lipinski definition) is 3. The Morgan fingerprint density at radius 2 is 2.21 bits per heavy atom. The van der Waals surface area contributed by atoms with Crippen LogP contribution in [0.1, 0.15) is 24.2 Å². The van der Waals surface area contributed by atoms with Crippen LogP contribution in [-0.4, -0.2) is 22.1 Å². The van der Waals surface area contributed by atoms with Gasteiger partial charge in [0.1, 0.15) is 5.56 Å². The maximum absolute atomic E-state index is 11.2. The first-order chi connectivity index (χ1) is 6.52. The van der Waals surface area contributed by atoms with E-state index in [9.17, 15) is 9.59 Å². The summed E-state index contributed by atoms with van der Waals surface area (Å²) in [5, 5.41) is 11.7. The number of carboxylic acid groups (broad SMARTS) is 1. The van der Waals surface area contributed by atoms with E-state index in [0.717, 1.165) is 0 Å². The smallest absolute Gasteiger partial charge is 0.343 e. The van der Waals surface area contributed by atoms with Crippen molar-refractivity contribution in [1.82, 2.24) is 4.98 Å². The predicted octanol–water partition coefficient (Wildman–Crippen LogP) is 0.893. The van der Waals surface area contributed by atoms with Crippen molar-refractivity contribution in [3.8, 4) is 0 Å². The topological polar surface area (TPSA) is 82.2 Å². The Bertz CT molecular complexity index is 395. The van der Waals surface area contributed by atoms with Crippen LogP contribution in [0.5, 0.6) is 0 Å². The van der Waals surface area contributed by atoms with Crippen molar-refractivity contribution in [1.29, 1.82) is 0 Å². The van der Waals surface area contributed by atoms with Crippen LogP contribution in [0.3, 0.4) is 0 Å². The second-order valence-corrected chi connectivity index (χ2v) is 3.20. The van der Waals surface area contributed by atoms with E-state index in [2.05, 4.69) is 10.3 Å². The van der Waals surface area contributed by atoms with Crippen LogP contribution < -0.4 is 10.9 Å². The van der Waals surface area contributed by atoms with E-state index >= 15 is 0 Å². The van der Waals surface area contributed by atoms with Gasteiger partial charge in [0.2, 0.25) is 0 Å². The lowest BCUT2D eigenvalue weighted by atomic mass is 10.2. The maximum atomic E-state index is 11.2. The molecular formula is C9H12N2O3. The van der Waals surface area contributed by atoms with Crippen molar-refractivity contribution in [3.05, 3.63) is 28.2 Å². The molecule has 76 valence electrons. The van der Waals surface area contributed by atoms with Gasteiger partial charge in [0.15, 0.2) is 0 Å². The van der Waals surface area contributed by atoms with Crippen LogP contribution in [0.2, 0.25) is 0 Å². The monoisotopic (exact) mass is 196 g/mol. The van der Waals surface area contributed by atoms with Gasteiger partial charge in [-0.15, -0.1) is 0 Å². The summed E-state index contributed by atoms with van der Waals surface area (Å²) in [6, 6.07) is 1.61. The maximum Gasteiger partial charge on any atom is 0.343 e. The Hall–Kier alpha value is -1.78. The van der Waals surface area contributed by atoms with Crippen molar-refractivity contribution in [2.45, 2.75) is 19.9 Å². The number of anilines is 1. The molecule has 1 heterocycles. The molecule has 1 aromatic rings. The van der Waals surface area contributed by atoms with Crippen LogP contribution >= 0.6 is 0 Å². The molecule has 0 radical (unpaired) electrons. The summed E-state index contributed by atoms with van der Waals surface area (Å²) < 4.78 is 0. The van der Waals surface area contributed by atoms with E-state index in [1.807, 2.05) is 13.8 Å². The first-order valence-corrected chi connectivity index (χ1v) is 4.24. The lowest BCUT2D eigenvalue weighted by Gasteiger charge is -2.11. The summed E-state index contributed by atoms with van der Waals surface area (Å²) in [6.07, 6.45) is 1.42. The molecule has 0 aliphatic rings. The minimum absolute atomic E-state index is 0.0786. The van der Waals surface area contributed by atoms with E-state index in [-0.39, 0.29) is 11.6 Å². The number of aromatic carboxylic acids is 1. The normalized spacial score (nSPS) is 10.2. The number of hydrogen-bond donors (Lipinski definition) is 3. The third-order valence-electron chi connectivity index (χ3n) is 1.62. The second kappa shape index (κ2) is 3.95. The van der Waals surface area contributed by atoms with Crippen LogP contribution in [-0.2, 0) is 0 Å². The zero-order chi connectivity index (χ0) is 10.7. The van der Waals surface area contributed by atoms with Gasteiger partial charge in [0.25, 0.3) is 5.56 Å². The first kappa shape index (κ1) is 10.3. The number of pyridine rings is 1. The number of aromatic amines is 1. The van der Waals surface area contributed by atoms with Crippen LogP contribution in [0.4, 0.5) is 5.69 Å². The number of carbonyl (C=O) groups is 1. The van der Waals surface area contributed by atoms with Crippen molar-refractivity contribution in [3.63, 3.8) is 0 Å². The summed E-state index contributed by atoms with van der Waals surface area (Å²) in [5.41, 5.74) is -0.499. The highest BCUT2D eigenvalue weighted by Crippen LogP contribution is 2.10. The van der Waals surface area contributed by atoms with Gasteiger partial charge in [-0.05, 0) is 19.9 Å². The minimum atomic E-state index is -1.23. The van der Waals surface area contributed by atoms with Crippen molar-refractivity contribution >= 4 is 11.7 Å². The number of carboxylic acids is 1. The fourth-order valence-corrected chi connectivity index (χ4v) is 1.12. The molecule has 0 bridgehead atoms. The van der Waals surface area contributed by atoms with Gasteiger partial charge in [-0.3, -0.25) is 4.79 Å². The Morgan fingerprint density at radius 3 is 2.71 bits per heavy atom. The van der Waals surface area contributed by atoms with Crippen LogP contribution in [0, 0.1) is 0 Å². The molecule has 1 rings (SSSR count). The molecule has 0 aliphatic carbocycles. The molecule has 0 amide bonds. The molecule has 0 unspecified atom stereocenters. The highest BCUT2D eigenvalue weighted by atomic mass is 16.4. The SMILES string of the molecule is CC(C)Nc1cc[nH]c(=O)c1C(=O)O. The third kappa shape index (κ3) is 2.12. The molecule has 1 aromatic heterocycles. The van der Waals surface area contributed by atoms with E-state index in [0.29, 0.717) is 5.69 Å². The molecule has 0 spiro atoms. The van der Waals surface area contributed by atoms with Crippen molar-refractivity contribution in [2.24, 2.45) is 0 Å². The standard InChI is InChI=1S/C9H12N2O3/c1-5(2)11-6-3-4-10-8(12)7(6)9(13)14/h3-5H,1-2H3,(H,13,14)(H2,10,11,12). The molecule has 0 aliphatic heterocycles. The second-order valence-electron chi connectivity index (χ2n) is 3.20. The number of rotatable bonds is 3. The number of nitrogens with one attached hydrogen (secondary N) is 2. The fraction of sp³-hybridized carbons (Fsp3) is 0.333. The molecular weight excluding hydrogens is 184 g/mol. The van der Waals surface area contributed by atoms with Crippen LogP contribution in [0.15, 0.2) is 17.1 Å². The quantitative estimate of drug-likeness (QED) is 0.670. The lowest BCUT2D eigenvalue weighted by molar-refractivity contribution is 0.0696. The average molecular weight is 196 g/mol. The highest BCUT2D eigenvalue weighted by Gasteiger charge is 2.14. The molecule has 0 saturated heterocycles. The summed E-state index contributed by atoms with van der Waals surface area (Å²) in [5.74, 6) is -1.23. The predicted molar refractivity (Wildman–Crippen MR) is 52.8 cm³/mol. The molecule has 0 fully saturated rings. The Labute approximate surface area is 80.8 Å². The van der Waals surface area contributed by atoms with Gasteiger partial charge in [0, 0.05) is 12.2 Å². The zero-order valence-electron chi connectivity index (χ0n) is 8.00. The molecule has 14 heavy (non-hydrogen) atoms. The summed E-state index contributed by atoms with van der Waals surface area (Å²) in [6.45, 7) is 3.74. The third-order valence-corrected chi connectivity index (χ3v) is 1.62.